The van der Waals surface area contributed by atoms with Crippen LogP contribution >= 0.6 is 0 Å². The average Bonchev–Trinajstić information content (AvgIpc) is 2.77. The van der Waals surface area contributed by atoms with Gasteiger partial charge in [0.1, 0.15) is 0 Å². The highest BCUT2D eigenvalue weighted by atomic mass is 16.2. The third-order valence-corrected chi connectivity index (χ3v) is 5.58. The molecule has 1 aliphatic heterocycles. The molecule has 3 rings (SSSR count). The Labute approximate surface area is 173 Å². The van der Waals surface area contributed by atoms with E-state index in [-0.39, 0.29) is 11.8 Å². The summed E-state index contributed by atoms with van der Waals surface area (Å²) in [7, 11) is 0. The van der Waals surface area contributed by atoms with Crippen LogP contribution in [0.5, 0.6) is 0 Å². The van der Waals surface area contributed by atoms with E-state index < -0.39 is 0 Å². The number of unbranched alkanes of at least 4 members (excludes halogenated alkanes) is 2. The summed E-state index contributed by atoms with van der Waals surface area (Å²) in [5.74, 6) is 0.418. The van der Waals surface area contributed by atoms with Gasteiger partial charge in [-0.05, 0) is 43.2 Å². The summed E-state index contributed by atoms with van der Waals surface area (Å²) in [5, 5.41) is 2.90. The molecule has 0 bridgehead atoms. The number of piperidine rings is 1. The Kier molecular flexibility index (Phi) is 7.79. The third-order valence-electron chi connectivity index (χ3n) is 5.58. The lowest BCUT2D eigenvalue weighted by Gasteiger charge is -2.32. The molecule has 5 nitrogen and oxygen atoms in total. The number of nitrogens with one attached hydrogen (secondary N) is 1. The minimum absolute atomic E-state index is 0.0312. The molecular weight excluding hydrogens is 362 g/mol. The highest BCUT2D eigenvalue weighted by Gasteiger charge is 2.24. The van der Waals surface area contributed by atoms with E-state index in [0.717, 1.165) is 51.6 Å². The molecule has 2 aromatic rings. The molecule has 1 aromatic carbocycles. The second-order valence-electron chi connectivity index (χ2n) is 7.85. The quantitative estimate of drug-likeness (QED) is 0.687. The summed E-state index contributed by atoms with van der Waals surface area (Å²) in [6.07, 6.45) is 9.34. The summed E-state index contributed by atoms with van der Waals surface area (Å²) in [4.78, 5) is 31.2. The first-order valence-corrected chi connectivity index (χ1v) is 10.7. The standard InChI is InChI=1S/C24H31N3O2/c1-2-3-7-12-26-23(28)21-16-22(18-25-17-21)24(29)27-13-10-20(11-14-27)15-19-8-5-4-6-9-19/h4-6,8-9,16-18,20H,2-3,7,10-15H2,1H3,(H,26,28). The minimum Gasteiger partial charge on any atom is -0.352 e. The van der Waals surface area contributed by atoms with Gasteiger partial charge >= 0.3 is 0 Å². The lowest BCUT2D eigenvalue weighted by Crippen LogP contribution is -2.39. The van der Waals surface area contributed by atoms with Crippen LogP contribution in [0.15, 0.2) is 48.8 Å². The number of likely N-dealkylation sites (tertiary alicyclic amines) is 1. The van der Waals surface area contributed by atoms with E-state index in [1.165, 1.54) is 11.8 Å². The molecule has 0 atom stereocenters. The van der Waals surface area contributed by atoms with E-state index in [9.17, 15) is 9.59 Å². The topological polar surface area (TPSA) is 62.3 Å². The largest absolute Gasteiger partial charge is 0.352 e. The van der Waals surface area contributed by atoms with E-state index >= 15 is 0 Å². The molecule has 1 aromatic heterocycles. The average molecular weight is 394 g/mol. The highest BCUT2D eigenvalue weighted by molar-refractivity contribution is 5.99. The zero-order chi connectivity index (χ0) is 20.5. The van der Waals surface area contributed by atoms with E-state index in [2.05, 4.69) is 41.5 Å². The molecule has 0 radical (unpaired) electrons. The predicted octanol–water partition coefficient (Wildman–Crippen LogP) is 4.10. The number of benzene rings is 1. The number of hydrogen-bond donors (Lipinski definition) is 1. The van der Waals surface area contributed by atoms with Crippen molar-refractivity contribution in [1.29, 1.82) is 0 Å². The molecule has 0 saturated carbocycles. The van der Waals surface area contributed by atoms with Crippen molar-refractivity contribution in [2.75, 3.05) is 19.6 Å². The van der Waals surface area contributed by atoms with Crippen LogP contribution in [0.1, 0.15) is 65.3 Å². The van der Waals surface area contributed by atoms with Crippen LogP contribution in [-0.4, -0.2) is 41.3 Å². The van der Waals surface area contributed by atoms with Gasteiger partial charge in [-0.2, -0.15) is 0 Å². The Morgan fingerprint density at radius 1 is 1.07 bits per heavy atom. The molecule has 1 saturated heterocycles. The summed E-state index contributed by atoms with van der Waals surface area (Å²) in [5.41, 5.74) is 2.30. The fourth-order valence-electron chi connectivity index (χ4n) is 3.83. The van der Waals surface area contributed by atoms with Crippen LogP contribution in [-0.2, 0) is 6.42 Å². The monoisotopic (exact) mass is 393 g/mol. The molecule has 2 amide bonds. The zero-order valence-electron chi connectivity index (χ0n) is 17.3. The number of rotatable bonds is 8. The fraction of sp³-hybridized carbons (Fsp3) is 0.458. The Morgan fingerprint density at radius 2 is 1.79 bits per heavy atom. The molecule has 29 heavy (non-hydrogen) atoms. The van der Waals surface area contributed by atoms with Crippen molar-refractivity contribution >= 4 is 11.8 Å². The van der Waals surface area contributed by atoms with Crippen LogP contribution in [0, 0.1) is 5.92 Å². The smallest absolute Gasteiger partial charge is 0.255 e. The molecular formula is C24H31N3O2. The van der Waals surface area contributed by atoms with Crippen LogP contribution in [0.3, 0.4) is 0 Å². The molecule has 2 heterocycles. The first-order valence-electron chi connectivity index (χ1n) is 10.7. The molecule has 0 spiro atoms. The maximum atomic E-state index is 12.9. The van der Waals surface area contributed by atoms with E-state index in [1.54, 1.807) is 12.3 Å². The van der Waals surface area contributed by atoms with Crippen molar-refractivity contribution in [1.82, 2.24) is 15.2 Å². The maximum absolute atomic E-state index is 12.9. The lowest BCUT2D eigenvalue weighted by molar-refractivity contribution is 0.0690. The molecule has 0 aliphatic carbocycles. The van der Waals surface area contributed by atoms with Gasteiger partial charge in [0.15, 0.2) is 0 Å². The SMILES string of the molecule is CCCCCNC(=O)c1cncc(C(=O)N2CCC(Cc3ccccc3)CC2)c1. The van der Waals surface area contributed by atoms with Crippen LogP contribution in [0.25, 0.3) is 0 Å². The minimum atomic E-state index is -0.162. The van der Waals surface area contributed by atoms with Gasteiger partial charge in [-0.15, -0.1) is 0 Å². The second kappa shape index (κ2) is 10.7. The van der Waals surface area contributed by atoms with Crippen molar-refractivity contribution in [2.45, 2.75) is 45.4 Å². The Morgan fingerprint density at radius 3 is 2.52 bits per heavy atom. The van der Waals surface area contributed by atoms with Gasteiger partial charge in [0, 0.05) is 32.0 Å². The molecule has 1 N–H and O–H groups in total. The van der Waals surface area contributed by atoms with Gasteiger partial charge in [0.05, 0.1) is 11.1 Å². The first-order chi connectivity index (χ1) is 14.2. The highest BCUT2D eigenvalue weighted by Crippen LogP contribution is 2.23. The number of carbonyl (C=O) groups excluding carboxylic acids is 2. The number of nitrogens with zero attached hydrogens (tertiary/aromatic N) is 2. The number of carbonyl (C=O) groups is 2. The Hall–Kier alpha value is -2.69. The number of amides is 2. The molecule has 1 aliphatic rings. The first kappa shape index (κ1) is 21.0. The Bertz CT molecular complexity index is 799. The van der Waals surface area contributed by atoms with Gasteiger partial charge in [-0.1, -0.05) is 50.1 Å². The van der Waals surface area contributed by atoms with Gasteiger partial charge < -0.3 is 10.2 Å². The van der Waals surface area contributed by atoms with Crippen LogP contribution < -0.4 is 5.32 Å². The normalized spacial score (nSPS) is 14.6. The van der Waals surface area contributed by atoms with Gasteiger partial charge in [0.2, 0.25) is 0 Å². The van der Waals surface area contributed by atoms with Crippen LogP contribution in [0.2, 0.25) is 0 Å². The zero-order valence-corrected chi connectivity index (χ0v) is 17.3. The number of pyridine rings is 1. The van der Waals surface area contributed by atoms with Crippen LogP contribution in [0.4, 0.5) is 0 Å². The summed E-state index contributed by atoms with van der Waals surface area (Å²) < 4.78 is 0. The fourth-order valence-corrected chi connectivity index (χ4v) is 3.83. The summed E-state index contributed by atoms with van der Waals surface area (Å²) >= 11 is 0. The Balaban J connectivity index is 1.52. The molecule has 1 fully saturated rings. The second-order valence-corrected chi connectivity index (χ2v) is 7.85. The number of aromatic nitrogens is 1. The van der Waals surface area contributed by atoms with Crippen molar-refractivity contribution in [3.05, 3.63) is 65.5 Å². The van der Waals surface area contributed by atoms with E-state index in [0.29, 0.717) is 23.6 Å². The predicted molar refractivity (Wildman–Crippen MR) is 115 cm³/mol. The van der Waals surface area contributed by atoms with Crippen molar-refractivity contribution < 1.29 is 9.59 Å². The van der Waals surface area contributed by atoms with E-state index in [4.69, 9.17) is 0 Å². The van der Waals surface area contributed by atoms with Crippen molar-refractivity contribution in [2.24, 2.45) is 5.92 Å². The number of hydrogen-bond acceptors (Lipinski definition) is 3. The molecule has 5 heteroatoms. The van der Waals surface area contributed by atoms with Crippen molar-refractivity contribution in [3.63, 3.8) is 0 Å². The third kappa shape index (κ3) is 6.14. The van der Waals surface area contributed by atoms with Gasteiger partial charge in [-0.25, -0.2) is 0 Å². The molecule has 0 unspecified atom stereocenters. The summed E-state index contributed by atoms with van der Waals surface area (Å²) in [6, 6.07) is 12.2. The maximum Gasteiger partial charge on any atom is 0.255 e. The van der Waals surface area contributed by atoms with Gasteiger partial charge in [0.25, 0.3) is 11.8 Å². The van der Waals surface area contributed by atoms with E-state index in [1.807, 2.05) is 11.0 Å². The summed E-state index contributed by atoms with van der Waals surface area (Å²) in [6.45, 7) is 4.29. The molecule has 154 valence electrons. The van der Waals surface area contributed by atoms with Gasteiger partial charge in [-0.3, -0.25) is 14.6 Å². The lowest BCUT2D eigenvalue weighted by atomic mass is 9.90. The van der Waals surface area contributed by atoms with Crippen molar-refractivity contribution in [3.8, 4) is 0 Å².